The Bertz CT molecular complexity index is 605. The summed E-state index contributed by atoms with van der Waals surface area (Å²) in [5.74, 6) is 0.441. The molecule has 0 aromatic carbocycles. The smallest absolute Gasteiger partial charge is 0.353 e. The monoisotopic (exact) mass is 288 g/mol. The molecule has 0 amide bonds. The van der Waals surface area contributed by atoms with Gasteiger partial charge in [-0.1, -0.05) is 6.07 Å². The molecule has 0 spiro atoms. The molecule has 0 aliphatic rings. The summed E-state index contributed by atoms with van der Waals surface area (Å²) in [6.07, 6.45) is 5.47. The van der Waals surface area contributed by atoms with Crippen molar-refractivity contribution in [1.82, 2.24) is 15.0 Å². The van der Waals surface area contributed by atoms with Gasteiger partial charge < -0.3 is 10.6 Å². The standard InChI is InChI=1S/C13H16N6O2/c1-2-15-12-11(19(20)21)13(18-9-17-12)16-7-5-10-4-3-6-14-8-10/h3-4,6,8-9H,2,5,7H2,1H3,(H2,15,16,17,18). The van der Waals surface area contributed by atoms with Gasteiger partial charge in [-0.15, -0.1) is 0 Å². The maximum absolute atomic E-state index is 11.2. The Morgan fingerprint density at radius 1 is 1.29 bits per heavy atom. The molecular formula is C13H16N6O2. The highest BCUT2D eigenvalue weighted by Crippen LogP contribution is 2.28. The van der Waals surface area contributed by atoms with Crippen LogP contribution in [-0.2, 0) is 6.42 Å². The minimum Gasteiger partial charge on any atom is -0.364 e. The molecule has 0 saturated heterocycles. The Morgan fingerprint density at radius 2 is 2.05 bits per heavy atom. The first kappa shape index (κ1) is 14.6. The average molecular weight is 288 g/mol. The van der Waals surface area contributed by atoms with Crippen molar-refractivity contribution in [1.29, 1.82) is 0 Å². The van der Waals surface area contributed by atoms with Crippen molar-refractivity contribution >= 4 is 17.3 Å². The maximum atomic E-state index is 11.2. The van der Waals surface area contributed by atoms with E-state index in [0.717, 1.165) is 5.56 Å². The van der Waals surface area contributed by atoms with E-state index in [1.165, 1.54) is 6.33 Å². The molecular weight excluding hydrogens is 272 g/mol. The lowest BCUT2D eigenvalue weighted by Crippen LogP contribution is -2.11. The summed E-state index contributed by atoms with van der Waals surface area (Å²) in [6.45, 7) is 2.92. The lowest BCUT2D eigenvalue weighted by molar-refractivity contribution is -0.383. The number of nitrogens with zero attached hydrogens (tertiary/aromatic N) is 4. The molecule has 8 nitrogen and oxygen atoms in total. The molecule has 8 heteroatoms. The summed E-state index contributed by atoms with van der Waals surface area (Å²) in [6, 6.07) is 3.80. The fourth-order valence-electron chi connectivity index (χ4n) is 1.85. The molecule has 2 heterocycles. The molecule has 0 fully saturated rings. The van der Waals surface area contributed by atoms with E-state index in [1.807, 2.05) is 19.1 Å². The molecule has 0 bridgehead atoms. The number of rotatable bonds is 7. The van der Waals surface area contributed by atoms with Gasteiger partial charge in [-0.2, -0.15) is 0 Å². The summed E-state index contributed by atoms with van der Waals surface area (Å²) in [5, 5.41) is 17.0. The first-order valence-electron chi connectivity index (χ1n) is 6.58. The van der Waals surface area contributed by atoms with Gasteiger partial charge in [0.1, 0.15) is 6.33 Å². The maximum Gasteiger partial charge on any atom is 0.353 e. The number of aromatic nitrogens is 3. The number of nitro groups is 1. The van der Waals surface area contributed by atoms with Crippen molar-refractivity contribution in [3.05, 3.63) is 46.5 Å². The van der Waals surface area contributed by atoms with Gasteiger partial charge in [0.25, 0.3) is 0 Å². The average Bonchev–Trinajstić information content (AvgIpc) is 2.48. The first-order valence-corrected chi connectivity index (χ1v) is 6.58. The van der Waals surface area contributed by atoms with E-state index in [9.17, 15) is 10.1 Å². The summed E-state index contributed by atoms with van der Waals surface area (Å²) < 4.78 is 0. The topological polar surface area (TPSA) is 106 Å². The van der Waals surface area contributed by atoms with E-state index in [-0.39, 0.29) is 17.3 Å². The van der Waals surface area contributed by atoms with Crippen LogP contribution in [0.4, 0.5) is 17.3 Å². The van der Waals surface area contributed by atoms with Crippen molar-refractivity contribution in [2.75, 3.05) is 23.7 Å². The third-order valence-corrected chi connectivity index (χ3v) is 2.78. The highest BCUT2D eigenvalue weighted by Gasteiger charge is 2.22. The third-order valence-electron chi connectivity index (χ3n) is 2.78. The Labute approximate surface area is 121 Å². The molecule has 2 aromatic heterocycles. The molecule has 2 N–H and O–H groups in total. The van der Waals surface area contributed by atoms with Gasteiger partial charge in [0.05, 0.1) is 4.92 Å². The number of hydrogen-bond donors (Lipinski definition) is 2. The number of hydrogen-bond acceptors (Lipinski definition) is 7. The fraction of sp³-hybridized carbons (Fsp3) is 0.308. The van der Waals surface area contributed by atoms with E-state index < -0.39 is 4.92 Å². The van der Waals surface area contributed by atoms with Crippen LogP contribution in [0.5, 0.6) is 0 Å². The van der Waals surface area contributed by atoms with Crippen LogP contribution in [0.15, 0.2) is 30.9 Å². The van der Waals surface area contributed by atoms with E-state index >= 15 is 0 Å². The summed E-state index contributed by atoms with van der Waals surface area (Å²) in [4.78, 5) is 22.6. The van der Waals surface area contributed by atoms with Crippen LogP contribution in [-0.4, -0.2) is 33.0 Å². The van der Waals surface area contributed by atoms with Gasteiger partial charge in [-0.3, -0.25) is 15.1 Å². The second-order valence-electron chi connectivity index (χ2n) is 4.24. The van der Waals surface area contributed by atoms with Crippen molar-refractivity contribution < 1.29 is 4.92 Å². The zero-order chi connectivity index (χ0) is 15.1. The molecule has 110 valence electrons. The molecule has 0 atom stereocenters. The van der Waals surface area contributed by atoms with E-state index in [4.69, 9.17) is 0 Å². The number of nitrogens with one attached hydrogen (secondary N) is 2. The molecule has 0 aliphatic carbocycles. The van der Waals surface area contributed by atoms with Crippen LogP contribution < -0.4 is 10.6 Å². The van der Waals surface area contributed by atoms with Crippen LogP contribution >= 0.6 is 0 Å². The largest absolute Gasteiger partial charge is 0.364 e. The van der Waals surface area contributed by atoms with E-state index in [2.05, 4.69) is 25.6 Å². The van der Waals surface area contributed by atoms with Gasteiger partial charge in [-0.25, -0.2) is 9.97 Å². The fourth-order valence-corrected chi connectivity index (χ4v) is 1.85. The molecule has 0 saturated carbocycles. The van der Waals surface area contributed by atoms with Gasteiger partial charge >= 0.3 is 5.69 Å². The molecule has 2 aromatic rings. The van der Waals surface area contributed by atoms with Crippen molar-refractivity contribution in [2.24, 2.45) is 0 Å². The van der Waals surface area contributed by atoms with Crippen LogP contribution in [0.3, 0.4) is 0 Å². The molecule has 0 unspecified atom stereocenters. The van der Waals surface area contributed by atoms with Crippen LogP contribution in [0.2, 0.25) is 0 Å². The Hall–Kier alpha value is -2.77. The summed E-state index contributed by atoms with van der Waals surface area (Å²) >= 11 is 0. The molecule has 0 radical (unpaired) electrons. The van der Waals surface area contributed by atoms with Crippen molar-refractivity contribution in [2.45, 2.75) is 13.3 Å². The molecule has 21 heavy (non-hydrogen) atoms. The Balaban J connectivity index is 2.08. The van der Waals surface area contributed by atoms with Crippen LogP contribution in [0.1, 0.15) is 12.5 Å². The van der Waals surface area contributed by atoms with Gasteiger partial charge in [0.2, 0.25) is 11.6 Å². The molecule has 0 aliphatic heterocycles. The normalized spacial score (nSPS) is 10.1. The lowest BCUT2D eigenvalue weighted by atomic mass is 10.2. The minimum atomic E-state index is -0.482. The van der Waals surface area contributed by atoms with Gasteiger partial charge in [0.15, 0.2) is 0 Å². The number of pyridine rings is 1. The zero-order valence-electron chi connectivity index (χ0n) is 11.6. The minimum absolute atomic E-state index is 0.134. The Morgan fingerprint density at radius 3 is 2.67 bits per heavy atom. The highest BCUT2D eigenvalue weighted by atomic mass is 16.6. The first-order chi connectivity index (χ1) is 10.2. The van der Waals surface area contributed by atoms with Crippen molar-refractivity contribution in [3.63, 3.8) is 0 Å². The van der Waals surface area contributed by atoms with Gasteiger partial charge in [-0.05, 0) is 25.0 Å². The summed E-state index contributed by atoms with van der Waals surface area (Å²) in [7, 11) is 0. The van der Waals surface area contributed by atoms with Crippen LogP contribution in [0, 0.1) is 10.1 Å². The SMILES string of the molecule is CCNc1ncnc(NCCc2cccnc2)c1[N+](=O)[O-]. The van der Waals surface area contributed by atoms with E-state index in [0.29, 0.717) is 19.5 Å². The molecule has 2 rings (SSSR count). The Kier molecular flexibility index (Phi) is 4.97. The van der Waals surface area contributed by atoms with Crippen LogP contribution in [0.25, 0.3) is 0 Å². The second-order valence-corrected chi connectivity index (χ2v) is 4.24. The van der Waals surface area contributed by atoms with E-state index in [1.54, 1.807) is 12.4 Å². The predicted molar refractivity (Wildman–Crippen MR) is 79.3 cm³/mol. The predicted octanol–water partition coefficient (Wildman–Crippen LogP) is 1.87. The third kappa shape index (κ3) is 3.85. The highest BCUT2D eigenvalue weighted by molar-refractivity contribution is 5.69. The second kappa shape index (κ2) is 7.13. The number of anilines is 2. The van der Waals surface area contributed by atoms with Gasteiger partial charge in [0, 0.05) is 25.5 Å². The quantitative estimate of drug-likeness (QED) is 0.591. The van der Waals surface area contributed by atoms with Crippen molar-refractivity contribution in [3.8, 4) is 0 Å². The summed E-state index contributed by atoms with van der Waals surface area (Å²) in [5.41, 5.74) is 0.916. The zero-order valence-corrected chi connectivity index (χ0v) is 11.6. The lowest BCUT2D eigenvalue weighted by Gasteiger charge is -2.08.